The zero-order valence-electron chi connectivity index (χ0n) is 13.6. The molecule has 2 aromatic rings. The average Bonchev–Trinajstić information content (AvgIpc) is 2.63. The monoisotopic (exact) mass is 329 g/mol. The maximum atomic E-state index is 13.5. The van der Waals surface area contributed by atoms with Gasteiger partial charge in [-0.15, -0.1) is 0 Å². The Morgan fingerprint density at radius 1 is 1.17 bits per heavy atom. The lowest BCUT2D eigenvalue weighted by molar-refractivity contribution is -0.0123. The van der Waals surface area contributed by atoms with E-state index in [1.807, 2.05) is 0 Å². The summed E-state index contributed by atoms with van der Waals surface area (Å²) in [5, 5.41) is 0. The van der Waals surface area contributed by atoms with E-state index >= 15 is 0 Å². The summed E-state index contributed by atoms with van der Waals surface area (Å²) >= 11 is 0. The molecule has 0 amide bonds. The number of halogens is 1. The molecule has 1 aromatic heterocycles. The van der Waals surface area contributed by atoms with Gasteiger partial charge in [-0.3, -0.25) is 4.90 Å². The molecule has 3 aliphatic rings. The number of methoxy groups -OCH3 is 1. The number of nitrogens with zero attached hydrogens (tertiary/aromatic N) is 3. The summed E-state index contributed by atoms with van der Waals surface area (Å²) in [5.74, 6) is 0.867. The average molecular weight is 329 g/mol. The molecule has 0 unspecified atom stereocenters. The topological polar surface area (TPSA) is 47.5 Å². The lowest BCUT2D eigenvalue weighted by atomic mass is 9.86. The highest BCUT2D eigenvalue weighted by molar-refractivity contribution is 5.69. The van der Waals surface area contributed by atoms with E-state index in [0.717, 1.165) is 6.54 Å². The fraction of sp³-hybridized carbons (Fsp3) is 0.444. The van der Waals surface area contributed by atoms with Gasteiger partial charge in [0.2, 0.25) is 0 Å². The second-order valence-electron chi connectivity index (χ2n) is 6.39. The Morgan fingerprint density at radius 2 is 1.92 bits per heavy atom. The van der Waals surface area contributed by atoms with Crippen molar-refractivity contribution in [2.45, 2.75) is 18.9 Å². The smallest absolute Gasteiger partial charge is 0.316 e. The van der Waals surface area contributed by atoms with Crippen molar-refractivity contribution < 1.29 is 13.9 Å². The van der Waals surface area contributed by atoms with Gasteiger partial charge in [-0.05, 0) is 50.0 Å². The molecule has 5 nitrogen and oxygen atoms in total. The highest BCUT2D eigenvalue weighted by Gasteiger charge is 2.35. The van der Waals surface area contributed by atoms with Gasteiger partial charge in [0, 0.05) is 30.1 Å². The minimum Gasteiger partial charge on any atom is -0.496 e. The zero-order valence-corrected chi connectivity index (χ0v) is 13.6. The lowest BCUT2D eigenvalue weighted by Crippen LogP contribution is -2.52. The van der Waals surface area contributed by atoms with Crippen LogP contribution in [-0.4, -0.2) is 47.7 Å². The van der Waals surface area contributed by atoms with E-state index in [0.29, 0.717) is 28.8 Å². The summed E-state index contributed by atoms with van der Waals surface area (Å²) in [6.45, 7) is 3.29. The molecule has 2 bridgehead atoms. The standard InChI is InChI=1S/C18H20FN3O2/c1-23-16-3-2-14(19)8-15(16)13-9-20-18(21-10-13)24-17-11-22-6-4-12(17)5-7-22/h2-3,8-10,12,17H,4-7,11H2,1H3/t17-/m0/s1. The third-order valence-corrected chi connectivity index (χ3v) is 4.95. The van der Waals surface area contributed by atoms with Crippen LogP contribution in [0.1, 0.15) is 12.8 Å². The number of benzene rings is 1. The summed E-state index contributed by atoms with van der Waals surface area (Å²) in [5.41, 5.74) is 1.33. The first-order valence-electron chi connectivity index (χ1n) is 8.28. The Bertz CT molecular complexity index is 715. The van der Waals surface area contributed by atoms with Gasteiger partial charge in [-0.1, -0.05) is 0 Å². The predicted octanol–water partition coefficient (Wildman–Crippen LogP) is 2.76. The first kappa shape index (κ1) is 15.3. The van der Waals surface area contributed by atoms with Crippen molar-refractivity contribution in [2.75, 3.05) is 26.7 Å². The number of fused-ring (bicyclic) bond motifs is 3. The Kier molecular flexibility index (Phi) is 4.06. The fourth-order valence-electron chi connectivity index (χ4n) is 3.60. The molecule has 4 heterocycles. The Balaban J connectivity index is 1.52. The second-order valence-corrected chi connectivity index (χ2v) is 6.39. The minimum atomic E-state index is -0.321. The van der Waals surface area contributed by atoms with Crippen LogP contribution in [0, 0.1) is 11.7 Å². The summed E-state index contributed by atoms with van der Waals surface area (Å²) < 4.78 is 24.8. The van der Waals surface area contributed by atoms with E-state index < -0.39 is 0 Å². The van der Waals surface area contributed by atoms with Crippen molar-refractivity contribution >= 4 is 0 Å². The number of hydrogen-bond acceptors (Lipinski definition) is 5. The molecule has 24 heavy (non-hydrogen) atoms. The largest absolute Gasteiger partial charge is 0.496 e. The van der Waals surface area contributed by atoms with Crippen LogP contribution in [0.15, 0.2) is 30.6 Å². The molecule has 0 N–H and O–H groups in total. The van der Waals surface area contributed by atoms with Gasteiger partial charge in [0.1, 0.15) is 17.7 Å². The van der Waals surface area contributed by atoms with E-state index in [-0.39, 0.29) is 11.9 Å². The third kappa shape index (κ3) is 2.94. The van der Waals surface area contributed by atoms with E-state index in [1.165, 1.54) is 38.1 Å². The number of piperidine rings is 3. The number of rotatable bonds is 4. The normalized spacial score (nSPS) is 25.5. The van der Waals surface area contributed by atoms with E-state index in [2.05, 4.69) is 14.9 Å². The lowest BCUT2D eigenvalue weighted by Gasteiger charge is -2.43. The van der Waals surface area contributed by atoms with Gasteiger partial charge in [-0.25, -0.2) is 14.4 Å². The van der Waals surface area contributed by atoms with Gasteiger partial charge in [0.15, 0.2) is 0 Å². The molecule has 3 fully saturated rings. The highest BCUT2D eigenvalue weighted by atomic mass is 19.1. The second kappa shape index (κ2) is 6.36. The van der Waals surface area contributed by atoms with Crippen LogP contribution in [0.25, 0.3) is 11.1 Å². The van der Waals surface area contributed by atoms with Crippen LogP contribution in [0.2, 0.25) is 0 Å². The molecule has 126 valence electrons. The maximum absolute atomic E-state index is 13.5. The Hall–Kier alpha value is -2.21. The molecule has 0 aliphatic carbocycles. The van der Waals surface area contributed by atoms with Crippen molar-refractivity contribution in [3.8, 4) is 22.9 Å². The zero-order chi connectivity index (χ0) is 16.5. The molecule has 0 saturated carbocycles. The van der Waals surface area contributed by atoms with Crippen LogP contribution in [0.5, 0.6) is 11.8 Å². The van der Waals surface area contributed by atoms with Crippen molar-refractivity contribution in [1.29, 1.82) is 0 Å². The predicted molar refractivity (Wildman–Crippen MR) is 87.6 cm³/mol. The van der Waals surface area contributed by atoms with E-state index in [1.54, 1.807) is 25.6 Å². The van der Waals surface area contributed by atoms with Crippen LogP contribution < -0.4 is 9.47 Å². The minimum absolute atomic E-state index is 0.169. The number of aromatic nitrogens is 2. The van der Waals surface area contributed by atoms with Gasteiger partial charge in [0.25, 0.3) is 0 Å². The van der Waals surface area contributed by atoms with Crippen LogP contribution in [0.4, 0.5) is 4.39 Å². The quantitative estimate of drug-likeness (QED) is 0.863. The molecular formula is C18H20FN3O2. The summed E-state index contributed by atoms with van der Waals surface area (Å²) in [6.07, 6.45) is 5.84. The molecular weight excluding hydrogens is 309 g/mol. The van der Waals surface area contributed by atoms with Crippen LogP contribution in [-0.2, 0) is 0 Å². The molecule has 3 saturated heterocycles. The summed E-state index contributed by atoms with van der Waals surface area (Å²) in [6, 6.07) is 4.77. The molecule has 0 radical (unpaired) electrons. The van der Waals surface area contributed by atoms with Crippen LogP contribution in [0.3, 0.4) is 0 Å². The molecule has 0 spiro atoms. The number of hydrogen-bond donors (Lipinski definition) is 0. The Morgan fingerprint density at radius 3 is 2.54 bits per heavy atom. The van der Waals surface area contributed by atoms with Gasteiger partial charge >= 0.3 is 6.01 Å². The van der Waals surface area contributed by atoms with Crippen molar-refractivity contribution in [1.82, 2.24) is 14.9 Å². The first-order valence-corrected chi connectivity index (χ1v) is 8.28. The molecule has 1 aromatic carbocycles. The van der Waals surface area contributed by atoms with Gasteiger partial charge < -0.3 is 9.47 Å². The molecule has 3 aliphatic heterocycles. The molecule has 5 rings (SSSR count). The van der Waals surface area contributed by atoms with E-state index in [9.17, 15) is 4.39 Å². The molecule has 6 heteroatoms. The number of ether oxygens (including phenoxy) is 2. The van der Waals surface area contributed by atoms with Crippen LogP contribution >= 0.6 is 0 Å². The van der Waals surface area contributed by atoms with E-state index in [4.69, 9.17) is 9.47 Å². The first-order chi connectivity index (χ1) is 11.7. The van der Waals surface area contributed by atoms with Crippen molar-refractivity contribution in [3.05, 3.63) is 36.4 Å². The molecule has 1 atom stereocenters. The van der Waals surface area contributed by atoms with Crippen molar-refractivity contribution in [3.63, 3.8) is 0 Å². The summed E-state index contributed by atoms with van der Waals surface area (Å²) in [7, 11) is 1.56. The highest BCUT2D eigenvalue weighted by Crippen LogP contribution is 2.32. The fourth-order valence-corrected chi connectivity index (χ4v) is 3.60. The Labute approximate surface area is 140 Å². The third-order valence-electron chi connectivity index (χ3n) is 4.95. The van der Waals surface area contributed by atoms with Crippen molar-refractivity contribution in [2.24, 2.45) is 5.92 Å². The SMILES string of the molecule is COc1ccc(F)cc1-c1cnc(O[C@H]2CN3CCC2CC3)nc1. The summed E-state index contributed by atoms with van der Waals surface area (Å²) in [4.78, 5) is 11.0. The van der Waals surface area contributed by atoms with Gasteiger partial charge in [0.05, 0.1) is 7.11 Å². The van der Waals surface area contributed by atoms with Gasteiger partial charge in [-0.2, -0.15) is 0 Å². The maximum Gasteiger partial charge on any atom is 0.316 e.